The lowest BCUT2D eigenvalue weighted by Gasteiger charge is -2.54. The minimum atomic E-state index is -0.582. The van der Waals surface area contributed by atoms with E-state index < -0.39 is 6.10 Å². The number of fused-ring (bicyclic) bond motifs is 2. The predicted molar refractivity (Wildman–Crippen MR) is 89.7 cm³/mol. The third-order valence-corrected chi connectivity index (χ3v) is 6.88. The topological polar surface area (TPSA) is 49.7 Å². The Labute approximate surface area is 138 Å². The van der Waals surface area contributed by atoms with Crippen LogP contribution >= 0.6 is 0 Å². The van der Waals surface area contributed by atoms with Crippen molar-refractivity contribution in [1.29, 1.82) is 0 Å². The summed E-state index contributed by atoms with van der Waals surface area (Å²) in [6.45, 7) is 9.52. The average molecular weight is 316 g/mol. The van der Waals surface area contributed by atoms with E-state index >= 15 is 0 Å². The number of aliphatic hydroxyl groups excluding tert-OH is 1. The van der Waals surface area contributed by atoms with Gasteiger partial charge in [0.2, 0.25) is 0 Å². The van der Waals surface area contributed by atoms with Gasteiger partial charge in [-0.05, 0) is 58.4 Å². The number of hydrogen-bond donors (Lipinski definition) is 2. The van der Waals surface area contributed by atoms with Crippen molar-refractivity contribution in [3.63, 3.8) is 0 Å². The summed E-state index contributed by atoms with van der Waals surface area (Å²) in [6, 6.07) is 3.96. The molecule has 2 fully saturated rings. The van der Waals surface area contributed by atoms with E-state index in [4.69, 9.17) is 4.74 Å². The lowest BCUT2D eigenvalue weighted by molar-refractivity contribution is -0.0553. The number of rotatable bonds is 1. The van der Waals surface area contributed by atoms with E-state index in [2.05, 4.69) is 27.7 Å². The largest absolute Gasteiger partial charge is 0.508 e. The van der Waals surface area contributed by atoms with Crippen LogP contribution in [0.15, 0.2) is 12.1 Å². The monoisotopic (exact) mass is 316 g/mol. The van der Waals surface area contributed by atoms with Crippen LogP contribution in [0.3, 0.4) is 0 Å². The molecule has 3 aliphatic rings. The van der Waals surface area contributed by atoms with E-state index in [1.165, 1.54) is 12.8 Å². The van der Waals surface area contributed by atoms with Gasteiger partial charge in [-0.3, -0.25) is 0 Å². The molecular formula is C20H28O3. The highest BCUT2D eigenvalue weighted by molar-refractivity contribution is 5.50. The van der Waals surface area contributed by atoms with Gasteiger partial charge in [-0.1, -0.05) is 34.1 Å². The molecule has 0 bridgehead atoms. The quantitative estimate of drug-likeness (QED) is 0.822. The molecule has 1 saturated heterocycles. The highest BCUT2D eigenvalue weighted by Crippen LogP contribution is 2.63. The third-order valence-electron chi connectivity index (χ3n) is 6.88. The lowest BCUT2D eigenvalue weighted by Crippen LogP contribution is -2.53. The Bertz CT molecular complexity index is 653. The summed E-state index contributed by atoms with van der Waals surface area (Å²) in [5.74, 6) is 0.937. The summed E-state index contributed by atoms with van der Waals surface area (Å²) in [6.07, 6.45) is 2.76. The van der Waals surface area contributed by atoms with Crippen LogP contribution in [0.4, 0.5) is 0 Å². The van der Waals surface area contributed by atoms with Gasteiger partial charge in [-0.25, -0.2) is 0 Å². The van der Waals surface area contributed by atoms with Crippen LogP contribution < -0.4 is 0 Å². The van der Waals surface area contributed by atoms with Crippen LogP contribution in [0.5, 0.6) is 5.75 Å². The van der Waals surface area contributed by atoms with E-state index in [0.29, 0.717) is 11.7 Å². The molecule has 5 atom stereocenters. The predicted octanol–water partition coefficient (Wildman–Crippen LogP) is 4.03. The van der Waals surface area contributed by atoms with Gasteiger partial charge in [-0.2, -0.15) is 0 Å². The number of benzene rings is 1. The molecule has 1 aromatic rings. The second-order valence-corrected chi connectivity index (χ2v) is 8.78. The Morgan fingerprint density at radius 1 is 1.22 bits per heavy atom. The summed E-state index contributed by atoms with van der Waals surface area (Å²) in [7, 11) is 0. The number of ether oxygens (including phenoxy) is 1. The SMILES string of the molecule is CC(C)c1cc2c(cc1O)C1(C)CCCC3(C)COC(C2O)C31. The molecule has 2 N–H and O–H groups in total. The van der Waals surface area contributed by atoms with Gasteiger partial charge in [0.1, 0.15) is 11.9 Å². The molecule has 1 saturated carbocycles. The zero-order valence-electron chi connectivity index (χ0n) is 14.6. The van der Waals surface area contributed by atoms with E-state index in [1.54, 1.807) is 0 Å². The Morgan fingerprint density at radius 3 is 2.65 bits per heavy atom. The Balaban J connectivity index is 1.94. The van der Waals surface area contributed by atoms with Crippen molar-refractivity contribution in [1.82, 2.24) is 0 Å². The van der Waals surface area contributed by atoms with Gasteiger partial charge in [0, 0.05) is 5.92 Å². The highest BCUT2D eigenvalue weighted by Gasteiger charge is 2.62. The summed E-state index contributed by atoms with van der Waals surface area (Å²) in [4.78, 5) is 0. The van der Waals surface area contributed by atoms with Crippen LogP contribution in [0.2, 0.25) is 0 Å². The van der Waals surface area contributed by atoms with Gasteiger partial charge in [0.25, 0.3) is 0 Å². The van der Waals surface area contributed by atoms with Gasteiger partial charge >= 0.3 is 0 Å². The normalized spacial score (nSPS) is 41.7. The molecule has 0 amide bonds. The standard InChI is InChI=1S/C20H28O3/c1-11(2)12-8-13-14(9-15(12)21)20(4)7-5-6-19(3)10-23-17(16(13)22)18(19)20/h8-9,11,16-18,21-22H,5-7,10H2,1-4H3. The van der Waals surface area contributed by atoms with Crippen molar-refractivity contribution in [3.05, 3.63) is 28.8 Å². The maximum atomic E-state index is 11.0. The van der Waals surface area contributed by atoms with E-state index in [1.807, 2.05) is 12.1 Å². The first-order valence-corrected chi connectivity index (χ1v) is 8.95. The third kappa shape index (κ3) is 1.90. The molecule has 1 aliphatic heterocycles. The molecule has 2 aliphatic carbocycles. The molecule has 126 valence electrons. The van der Waals surface area contributed by atoms with Crippen LogP contribution in [0.1, 0.15) is 75.7 Å². The number of aromatic hydroxyl groups is 1. The first kappa shape index (κ1) is 15.5. The van der Waals surface area contributed by atoms with Crippen molar-refractivity contribution in [2.24, 2.45) is 11.3 Å². The average Bonchev–Trinajstić information content (AvgIpc) is 2.84. The van der Waals surface area contributed by atoms with Crippen LogP contribution in [-0.2, 0) is 10.2 Å². The van der Waals surface area contributed by atoms with Crippen molar-refractivity contribution >= 4 is 0 Å². The molecule has 1 aromatic carbocycles. The minimum Gasteiger partial charge on any atom is -0.508 e. The Kier molecular flexibility index (Phi) is 3.18. The minimum absolute atomic E-state index is 0.0181. The molecule has 4 rings (SSSR count). The number of hydrogen-bond acceptors (Lipinski definition) is 3. The maximum absolute atomic E-state index is 11.0. The molecule has 0 aromatic heterocycles. The van der Waals surface area contributed by atoms with E-state index in [9.17, 15) is 10.2 Å². The summed E-state index contributed by atoms with van der Waals surface area (Å²) < 4.78 is 6.13. The fourth-order valence-corrected chi connectivity index (χ4v) is 5.82. The lowest BCUT2D eigenvalue weighted by atomic mass is 9.49. The summed E-state index contributed by atoms with van der Waals surface area (Å²) in [5, 5.41) is 21.5. The molecule has 0 radical (unpaired) electrons. The van der Waals surface area contributed by atoms with Crippen LogP contribution in [-0.4, -0.2) is 22.9 Å². The summed E-state index contributed by atoms with van der Waals surface area (Å²) in [5.41, 5.74) is 3.16. The van der Waals surface area contributed by atoms with Gasteiger partial charge in [-0.15, -0.1) is 0 Å². The molecule has 3 heteroatoms. The van der Waals surface area contributed by atoms with Crippen LogP contribution in [0.25, 0.3) is 0 Å². The van der Waals surface area contributed by atoms with Gasteiger partial charge in [0.15, 0.2) is 0 Å². The molecule has 3 nitrogen and oxygen atoms in total. The fourth-order valence-electron chi connectivity index (χ4n) is 5.82. The van der Waals surface area contributed by atoms with Gasteiger partial charge < -0.3 is 14.9 Å². The van der Waals surface area contributed by atoms with E-state index in [0.717, 1.165) is 29.7 Å². The zero-order chi connectivity index (χ0) is 16.6. The first-order valence-electron chi connectivity index (χ1n) is 8.95. The summed E-state index contributed by atoms with van der Waals surface area (Å²) >= 11 is 0. The van der Waals surface area contributed by atoms with Gasteiger partial charge in [0.05, 0.1) is 12.7 Å². The molecule has 1 heterocycles. The molecule has 5 unspecified atom stereocenters. The maximum Gasteiger partial charge on any atom is 0.119 e. The van der Waals surface area contributed by atoms with Crippen molar-refractivity contribution in [2.45, 2.75) is 70.5 Å². The van der Waals surface area contributed by atoms with Crippen molar-refractivity contribution in [2.75, 3.05) is 6.61 Å². The molecule has 23 heavy (non-hydrogen) atoms. The Morgan fingerprint density at radius 2 is 1.96 bits per heavy atom. The van der Waals surface area contributed by atoms with E-state index in [-0.39, 0.29) is 22.9 Å². The molecule has 0 spiro atoms. The van der Waals surface area contributed by atoms with Crippen molar-refractivity contribution < 1.29 is 14.9 Å². The number of phenolic OH excluding ortho intramolecular Hbond substituents is 1. The number of aliphatic hydroxyl groups is 1. The number of phenols is 1. The first-order chi connectivity index (χ1) is 10.8. The van der Waals surface area contributed by atoms with Crippen LogP contribution in [0, 0.1) is 11.3 Å². The smallest absolute Gasteiger partial charge is 0.119 e. The second kappa shape index (κ2) is 4.73. The fraction of sp³-hybridized carbons (Fsp3) is 0.700. The zero-order valence-corrected chi connectivity index (χ0v) is 14.6. The van der Waals surface area contributed by atoms with Crippen molar-refractivity contribution in [3.8, 4) is 5.75 Å². The highest BCUT2D eigenvalue weighted by atomic mass is 16.5. The Hall–Kier alpha value is -1.06. The second-order valence-electron chi connectivity index (χ2n) is 8.78. The molecular weight excluding hydrogens is 288 g/mol.